The van der Waals surface area contributed by atoms with Gasteiger partial charge in [0.2, 0.25) is 0 Å². The minimum absolute atomic E-state index is 0.0183. The molecule has 29 heavy (non-hydrogen) atoms. The highest BCUT2D eigenvalue weighted by atomic mass is 32.2. The number of benzene rings is 2. The van der Waals surface area contributed by atoms with Gasteiger partial charge in [-0.2, -0.15) is 0 Å². The Labute approximate surface area is 175 Å². The molecule has 0 N–H and O–H groups in total. The van der Waals surface area contributed by atoms with Crippen LogP contribution in [0.15, 0.2) is 58.3 Å². The summed E-state index contributed by atoms with van der Waals surface area (Å²) in [5.74, 6) is 0.0183. The molecule has 0 spiro atoms. The number of fused-ring (bicyclic) bond motifs is 1. The molecule has 154 valence electrons. The number of rotatable bonds is 5. The molecule has 6 nitrogen and oxygen atoms in total. The van der Waals surface area contributed by atoms with E-state index in [1.54, 1.807) is 23.9 Å². The molecule has 0 radical (unpaired) electrons. The predicted molar refractivity (Wildman–Crippen MR) is 113 cm³/mol. The van der Waals surface area contributed by atoms with E-state index < -0.39 is 9.84 Å². The van der Waals surface area contributed by atoms with Gasteiger partial charge in [0.1, 0.15) is 5.37 Å². The van der Waals surface area contributed by atoms with E-state index in [0.717, 1.165) is 48.9 Å². The monoisotopic (exact) mass is 432 g/mol. The molecule has 0 aliphatic carbocycles. The molecule has 1 saturated heterocycles. The number of carbonyl (C=O) groups is 1. The van der Waals surface area contributed by atoms with Crippen LogP contribution in [0, 0.1) is 0 Å². The molecule has 2 aliphatic heterocycles. The Morgan fingerprint density at radius 1 is 1.03 bits per heavy atom. The number of sulfone groups is 1. The molecule has 1 fully saturated rings. The van der Waals surface area contributed by atoms with Gasteiger partial charge in [0.05, 0.1) is 23.7 Å². The maximum Gasteiger partial charge on any atom is 0.256 e. The van der Waals surface area contributed by atoms with E-state index in [0.29, 0.717) is 6.54 Å². The Morgan fingerprint density at radius 3 is 2.41 bits per heavy atom. The van der Waals surface area contributed by atoms with Crippen molar-refractivity contribution in [2.24, 2.45) is 0 Å². The van der Waals surface area contributed by atoms with E-state index in [1.807, 2.05) is 41.3 Å². The highest BCUT2D eigenvalue weighted by Gasteiger charge is 2.34. The Balaban J connectivity index is 1.62. The third-order valence-corrected chi connectivity index (χ3v) is 7.74. The lowest BCUT2D eigenvalue weighted by Gasteiger charge is -2.38. The minimum Gasteiger partial charge on any atom is -0.379 e. The SMILES string of the molecule is CS(=O)(=O)c1ccc(C2Sc3ccccc3C(=O)N2CCN2CCOCC2)cc1. The fourth-order valence-electron chi connectivity index (χ4n) is 3.61. The zero-order valence-electron chi connectivity index (χ0n) is 16.3. The highest BCUT2D eigenvalue weighted by molar-refractivity contribution is 7.99. The average molecular weight is 433 g/mol. The maximum atomic E-state index is 13.3. The first-order valence-electron chi connectivity index (χ1n) is 9.60. The quantitative estimate of drug-likeness (QED) is 0.724. The molecule has 1 unspecified atom stereocenters. The van der Waals surface area contributed by atoms with Crippen LogP contribution in [0.25, 0.3) is 0 Å². The van der Waals surface area contributed by atoms with Crippen molar-refractivity contribution in [3.05, 3.63) is 59.7 Å². The van der Waals surface area contributed by atoms with Crippen LogP contribution < -0.4 is 0 Å². The van der Waals surface area contributed by atoms with Crippen molar-refractivity contribution in [2.45, 2.75) is 15.2 Å². The van der Waals surface area contributed by atoms with Crippen LogP contribution in [0.1, 0.15) is 21.3 Å². The molecule has 1 atom stereocenters. The van der Waals surface area contributed by atoms with Gasteiger partial charge in [-0.1, -0.05) is 36.0 Å². The van der Waals surface area contributed by atoms with Crippen molar-refractivity contribution in [3.8, 4) is 0 Å². The van der Waals surface area contributed by atoms with Gasteiger partial charge in [-0.25, -0.2) is 8.42 Å². The summed E-state index contributed by atoms with van der Waals surface area (Å²) in [4.78, 5) is 18.7. The van der Waals surface area contributed by atoms with Crippen LogP contribution >= 0.6 is 11.8 Å². The number of morpholine rings is 1. The van der Waals surface area contributed by atoms with Gasteiger partial charge in [-0.15, -0.1) is 0 Å². The second kappa shape index (κ2) is 8.47. The van der Waals surface area contributed by atoms with Crippen molar-refractivity contribution in [1.82, 2.24) is 9.80 Å². The summed E-state index contributed by atoms with van der Waals surface area (Å²) < 4.78 is 29.0. The van der Waals surface area contributed by atoms with E-state index in [-0.39, 0.29) is 16.2 Å². The number of carbonyl (C=O) groups excluding carboxylic acids is 1. The zero-order chi connectivity index (χ0) is 20.4. The molecular formula is C21H24N2O4S2. The molecule has 0 bridgehead atoms. The molecule has 1 amide bonds. The normalized spacial score (nSPS) is 20.5. The summed E-state index contributed by atoms with van der Waals surface area (Å²) >= 11 is 1.63. The average Bonchev–Trinajstić information content (AvgIpc) is 2.73. The molecule has 2 aromatic carbocycles. The Morgan fingerprint density at radius 2 is 1.72 bits per heavy atom. The van der Waals surface area contributed by atoms with Gasteiger partial charge in [0.15, 0.2) is 9.84 Å². The third-order valence-electron chi connectivity index (χ3n) is 5.25. The molecule has 8 heteroatoms. The van der Waals surface area contributed by atoms with Crippen LogP contribution in [0.4, 0.5) is 0 Å². The lowest BCUT2D eigenvalue weighted by atomic mass is 10.1. The summed E-state index contributed by atoms with van der Waals surface area (Å²) in [5.41, 5.74) is 1.65. The molecule has 0 aromatic heterocycles. The van der Waals surface area contributed by atoms with E-state index >= 15 is 0 Å². The molecule has 2 heterocycles. The largest absolute Gasteiger partial charge is 0.379 e. The first kappa shape index (κ1) is 20.4. The fourth-order valence-corrected chi connectivity index (χ4v) is 5.54. The third kappa shape index (κ3) is 4.50. The summed E-state index contributed by atoms with van der Waals surface area (Å²) in [5, 5.41) is -0.188. The Kier molecular flexibility index (Phi) is 5.96. The fraction of sp³-hybridized carbons (Fsp3) is 0.381. The van der Waals surface area contributed by atoms with Gasteiger partial charge in [-0.3, -0.25) is 9.69 Å². The molecular weight excluding hydrogens is 408 g/mol. The van der Waals surface area contributed by atoms with E-state index in [2.05, 4.69) is 4.90 Å². The lowest BCUT2D eigenvalue weighted by Crippen LogP contribution is -2.44. The van der Waals surface area contributed by atoms with Crippen LogP contribution in [-0.4, -0.2) is 69.8 Å². The first-order valence-corrected chi connectivity index (χ1v) is 12.4. The Hall–Kier alpha value is -1.87. The number of thioether (sulfide) groups is 1. The van der Waals surface area contributed by atoms with Gasteiger partial charge in [0.25, 0.3) is 5.91 Å². The van der Waals surface area contributed by atoms with E-state index in [4.69, 9.17) is 4.74 Å². The standard InChI is InChI=1S/C21H24N2O4S2/c1-29(25,26)17-8-6-16(7-9-17)21-23(11-10-22-12-14-27-15-13-22)20(24)18-4-2-3-5-19(18)28-21/h2-9,21H,10-15H2,1H3. The summed E-state index contributed by atoms with van der Waals surface area (Å²) in [7, 11) is -3.25. The van der Waals surface area contributed by atoms with Gasteiger partial charge < -0.3 is 9.64 Å². The van der Waals surface area contributed by atoms with Crippen LogP contribution in [-0.2, 0) is 14.6 Å². The van der Waals surface area contributed by atoms with Gasteiger partial charge in [0, 0.05) is 37.3 Å². The summed E-state index contributed by atoms with van der Waals surface area (Å²) in [6.45, 7) is 4.59. The van der Waals surface area contributed by atoms with Crippen LogP contribution in [0.3, 0.4) is 0 Å². The van der Waals surface area contributed by atoms with Gasteiger partial charge >= 0.3 is 0 Å². The van der Waals surface area contributed by atoms with Gasteiger partial charge in [-0.05, 0) is 29.8 Å². The lowest BCUT2D eigenvalue weighted by molar-refractivity contribution is 0.0316. The van der Waals surface area contributed by atoms with Crippen molar-refractivity contribution < 1.29 is 17.9 Å². The van der Waals surface area contributed by atoms with Crippen molar-refractivity contribution in [1.29, 1.82) is 0 Å². The second-order valence-electron chi connectivity index (χ2n) is 7.26. The minimum atomic E-state index is -3.25. The zero-order valence-corrected chi connectivity index (χ0v) is 17.9. The highest BCUT2D eigenvalue weighted by Crippen LogP contribution is 2.44. The number of ether oxygens (including phenoxy) is 1. The molecule has 2 aromatic rings. The van der Waals surface area contributed by atoms with Crippen molar-refractivity contribution in [3.63, 3.8) is 0 Å². The predicted octanol–water partition coefficient (Wildman–Crippen LogP) is 2.67. The second-order valence-corrected chi connectivity index (χ2v) is 10.4. The first-order chi connectivity index (χ1) is 13.9. The number of amides is 1. The van der Waals surface area contributed by atoms with E-state index in [9.17, 15) is 13.2 Å². The van der Waals surface area contributed by atoms with Crippen molar-refractivity contribution in [2.75, 3.05) is 45.6 Å². The topological polar surface area (TPSA) is 66.9 Å². The van der Waals surface area contributed by atoms with Crippen molar-refractivity contribution >= 4 is 27.5 Å². The number of nitrogens with zero attached hydrogens (tertiary/aromatic N) is 2. The molecule has 2 aliphatic rings. The molecule has 4 rings (SSSR count). The smallest absolute Gasteiger partial charge is 0.256 e. The van der Waals surface area contributed by atoms with Crippen LogP contribution in [0.2, 0.25) is 0 Å². The Bertz CT molecular complexity index is 986. The van der Waals surface area contributed by atoms with Crippen LogP contribution in [0.5, 0.6) is 0 Å². The summed E-state index contributed by atoms with van der Waals surface area (Å²) in [6, 6.07) is 14.5. The molecule has 0 saturated carbocycles. The summed E-state index contributed by atoms with van der Waals surface area (Å²) in [6.07, 6.45) is 1.20. The van der Waals surface area contributed by atoms with E-state index in [1.165, 1.54) is 6.26 Å². The number of hydrogen-bond acceptors (Lipinski definition) is 6. The maximum absolute atomic E-state index is 13.3. The number of hydrogen-bond donors (Lipinski definition) is 0.